The van der Waals surface area contributed by atoms with Gasteiger partial charge in [-0.2, -0.15) is 5.10 Å². The molecule has 0 bridgehead atoms. The summed E-state index contributed by atoms with van der Waals surface area (Å²) in [7, 11) is 0. The van der Waals surface area contributed by atoms with Crippen molar-refractivity contribution in [1.82, 2.24) is 20.0 Å². The number of nitrogen functional groups attached to an aromatic ring is 1. The van der Waals surface area contributed by atoms with Crippen LogP contribution in [0.4, 0.5) is 5.13 Å². The van der Waals surface area contributed by atoms with Crippen LogP contribution in [-0.2, 0) is 0 Å². The molecule has 0 saturated carbocycles. The Hall–Kier alpha value is -2.41. The second-order valence-corrected chi connectivity index (χ2v) is 5.41. The number of nitrogens with two attached hydrogens (primary N) is 1. The first kappa shape index (κ1) is 13.6. The smallest absolute Gasteiger partial charge is 0.203 e. The van der Waals surface area contributed by atoms with Crippen LogP contribution in [-0.4, -0.2) is 26.6 Å². The van der Waals surface area contributed by atoms with E-state index < -0.39 is 0 Å². The Labute approximate surface area is 126 Å². The van der Waals surface area contributed by atoms with Crippen molar-refractivity contribution < 1.29 is 4.74 Å². The van der Waals surface area contributed by atoms with Crippen molar-refractivity contribution in [2.24, 2.45) is 0 Å². The van der Waals surface area contributed by atoms with Gasteiger partial charge in [-0.25, -0.2) is 4.68 Å². The van der Waals surface area contributed by atoms with Gasteiger partial charge < -0.3 is 10.5 Å². The van der Waals surface area contributed by atoms with E-state index >= 15 is 0 Å². The summed E-state index contributed by atoms with van der Waals surface area (Å²) >= 11 is 1.35. The van der Waals surface area contributed by atoms with Crippen LogP contribution in [0, 0.1) is 6.92 Å². The molecule has 0 radical (unpaired) electrons. The molecule has 1 aromatic carbocycles. The van der Waals surface area contributed by atoms with Crippen molar-refractivity contribution in [3.63, 3.8) is 0 Å². The highest BCUT2D eigenvalue weighted by molar-refractivity contribution is 7.18. The van der Waals surface area contributed by atoms with Gasteiger partial charge in [-0.3, -0.25) is 0 Å². The molecule has 0 aliphatic heterocycles. The lowest BCUT2D eigenvalue weighted by molar-refractivity contribution is 0.338. The maximum atomic E-state index is 5.66. The van der Waals surface area contributed by atoms with Crippen molar-refractivity contribution in [2.45, 2.75) is 13.8 Å². The molecule has 0 spiro atoms. The summed E-state index contributed by atoms with van der Waals surface area (Å²) < 4.78 is 7.50. The molecule has 108 valence electrons. The number of rotatable bonds is 4. The predicted octanol–water partition coefficient (Wildman–Crippen LogP) is 2.68. The van der Waals surface area contributed by atoms with Crippen molar-refractivity contribution in [1.29, 1.82) is 0 Å². The van der Waals surface area contributed by atoms with Crippen molar-refractivity contribution >= 4 is 16.5 Å². The van der Waals surface area contributed by atoms with Crippen LogP contribution in [0.5, 0.6) is 5.75 Å². The zero-order chi connectivity index (χ0) is 14.8. The number of hydrogen-bond acceptors (Lipinski definition) is 6. The molecule has 21 heavy (non-hydrogen) atoms. The average Bonchev–Trinajstić information content (AvgIpc) is 3.06. The summed E-state index contributed by atoms with van der Waals surface area (Å²) in [5, 5.41) is 13.6. The van der Waals surface area contributed by atoms with Gasteiger partial charge in [0.2, 0.25) is 5.13 Å². The highest BCUT2D eigenvalue weighted by atomic mass is 32.1. The monoisotopic (exact) mass is 301 g/mol. The molecule has 0 atom stereocenters. The zero-order valence-corrected chi connectivity index (χ0v) is 12.6. The first-order chi connectivity index (χ1) is 10.2. The van der Waals surface area contributed by atoms with Crippen LogP contribution in [0.3, 0.4) is 0 Å². The molecule has 2 N–H and O–H groups in total. The molecule has 7 heteroatoms. The number of ether oxygens (including phenoxy) is 1. The minimum absolute atomic E-state index is 0.451. The standard InChI is InChI=1S/C14H15N5OS/c1-3-20-12-7-5-4-6-11(12)19-9(2)10(8-16-19)13-17-18-14(15)21-13/h4-8H,3H2,1-2H3,(H2,15,18). The number of para-hydroxylation sites is 2. The van der Waals surface area contributed by atoms with E-state index in [-0.39, 0.29) is 0 Å². The maximum Gasteiger partial charge on any atom is 0.203 e. The number of aromatic nitrogens is 4. The van der Waals surface area contributed by atoms with Gasteiger partial charge in [0.15, 0.2) is 5.01 Å². The quantitative estimate of drug-likeness (QED) is 0.801. The van der Waals surface area contributed by atoms with E-state index in [1.54, 1.807) is 6.20 Å². The van der Waals surface area contributed by atoms with E-state index in [2.05, 4.69) is 15.3 Å². The third-order valence-electron chi connectivity index (χ3n) is 3.07. The van der Waals surface area contributed by atoms with Crippen molar-refractivity contribution in [3.05, 3.63) is 36.2 Å². The second kappa shape index (κ2) is 5.53. The molecule has 0 fully saturated rings. The number of hydrogen-bond donors (Lipinski definition) is 1. The summed E-state index contributed by atoms with van der Waals surface area (Å²) in [6, 6.07) is 7.81. The maximum absolute atomic E-state index is 5.66. The summed E-state index contributed by atoms with van der Waals surface area (Å²) in [6.07, 6.45) is 1.78. The van der Waals surface area contributed by atoms with E-state index in [1.807, 2.05) is 42.8 Å². The van der Waals surface area contributed by atoms with Crippen LogP contribution >= 0.6 is 11.3 Å². The lowest BCUT2D eigenvalue weighted by Gasteiger charge is -2.11. The lowest BCUT2D eigenvalue weighted by Crippen LogP contribution is -2.03. The number of anilines is 1. The van der Waals surface area contributed by atoms with E-state index in [0.29, 0.717) is 11.7 Å². The molecule has 0 aliphatic rings. The Balaban J connectivity index is 2.07. The van der Waals surface area contributed by atoms with Gasteiger partial charge >= 0.3 is 0 Å². The Morgan fingerprint density at radius 1 is 1.29 bits per heavy atom. The highest BCUT2D eigenvalue weighted by Gasteiger charge is 2.15. The molecule has 0 saturated heterocycles. The molecule has 0 aliphatic carbocycles. The lowest BCUT2D eigenvalue weighted by atomic mass is 10.2. The molecule has 0 amide bonds. The van der Waals surface area contributed by atoms with E-state index in [0.717, 1.165) is 27.7 Å². The third kappa shape index (κ3) is 2.47. The van der Waals surface area contributed by atoms with Crippen LogP contribution in [0.1, 0.15) is 12.6 Å². The summed E-state index contributed by atoms with van der Waals surface area (Å²) in [4.78, 5) is 0. The number of benzene rings is 1. The van der Waals surface area contributed by atoms with E-state index in [9.17, 15) is 0 Å². The van der Waals surface area contributed by atoms with Crippen LogP contribution in [0.25, 0.3) is 16.3 Å². The Morgan fingerprint density at radius 2 is 2.10 bits per heavy atom. The fraction of sp³-hybridized carbons (Fsp3) is 0.214. The van der Waals surface area contributed by atoms with Gasteiger partial charge in [0.05, 0.1) is 24.1 Å². The average molecular weight is 301 g/mol. The molecule has 2 heterocycles. The van der Waals surface area contributed by atoms with Gasteiger partial charge in [-0.05, 0) is 26.0 Å². The first-order valence-corrected chi connectivity index (χ1v) is 7.38. The topological polar surface area (TPSA) is 78.8 Å². The fourth-order valence-electron chi connectivity index (χ4n) is 2.12. The van der Waals surface area contributed by atoms with Crippen LogP contribution < -0.4 is 10.5 Å². The van der Waals surface area contributed by atoms with Gasteiger partial charge in [0, 0.05) is 0 Å². The van der Waals surface area contributed by atoms with Crippen LogP contribution in [0.2, 0.25) is 0 Å². The first-order valence-electron chi connectivity index (χ1n) is 6.57. The minimum atomic E-state index is 0.451. The summed E-state index contributed by atoms with van der Waals surface area (Å²) in [5.74, 6) is 0.800. The largest absolute Gasteiger partial charge is 0.492 e. The second-order valence-electron chi connectivity index (χ2n) is 4.40. The Morgan fingerprint density at radius 3 is 2.81 bits per heavy atom. The molecular weight excluding hydrogens is 286 g/mol. The van der Waals surface area contributed by atoms with Gasteiger partial charge in [-0.15, -0.1) is 10.2 Å². The molecule has 3 aromatic rings. The van der Waals surface area contributed by atoms with Crippen LogP contribution in [0.15, 0.2) is 30.5 Å². The zero-order valence-electron chi connectivity index (χ0n) is 11.8. The van der Waals surface area contributed by atoms with Gasteiger partial charge in [0.1, 0.15) is 11.4 Å². The molecule has 6 nitrogen and oxygen atoms in total. The molecular formula is C14H15N5OS. The van der Waals surface area contributed by atoms with Gasteiger partial charge in [0.25, 0.3) is 0 Å². The molecule has 3 rings (SSSR count). The highest BCUT2D eigenvalue weighted by Crippen LogP contribution is 2.30. The Bertz CT molecular complexity index is 764. The third-order valence-corrected chi connectivity index (χ3v) is 3.86. The van der Waals surface area contributed by atoms with Crippen molar-refractivity contribution in [2.75, 3.05) is 12.3 Å². The Kier molecular flexibility index (Phi) is 3.57. The molecule has 0 unspecified atom stereocenters. The SMILES string of the molecule is CCOc1ccccc1-n1ncc(-c2nnc(N)s2)c1C. The predicted molar refractivity (Wildman–Crippen MR) is 82.8 cm³/mol. The number of nitrogens with zero attached hydrogens (tertiary/aromatic N) is 4. The summed E-state index contributed by atoms with van der Waals surface area (Å²) in [5.41, 5.74) is 8.45. The fourth-order valence-corrected chi connectivity index (χ4v) is 2.79. The molecule has 2 aromatic heterocycles. The summed E-state index contributed by atoms with van der Waals surface area (Å²) in [6.45, 7) is 4.56. The van der Waals surface area contributed by atoms with E-state index in [4.69, 9.17) is 10.5 Å². The minimum Gasteiger partial charge on any atom is -0.492 e. The van der Waals surface area contributed by atoms with Gasteiger partial charge in [-0.1, -0.05) is 23.5 Å². The van der Waals surface area contributed by atoms with E-state index in [1.165, 1.54) is 11.3 Å². The normalized spacial score (nSPS) is 10.8. The van der Waals surface area contributed by atoms with Crippen molar-refractivity contribution in [3.8, 4) is 22.0 Å².